The van der Waals surface area contributed by atoms with Crippen LogP contribution in [0.2, 0.25) is 0 Å². The molecule has 1 aromatic heterocycles. The molecule has 0 radical (unpaired) electrons. The highest BCUT2D eigenvalue weighted by Crippen LogP contribution is 2.33. The number of aromatic amines is 1. The van der Waals surface area contributed by atoms with Gasteiger partial charge in [-0.3, -0.25) is 15.2 Å². The third-order valence-electron chi connectivity index (χ3n) is 2.83. The smallest absolute Gasteiger partial charge is 0.293 e. The van der Waals surface area contributed by atoms with E-state index in [0.717, 1.165) is 0 Å². The molecule has 0 amide bonds. The van der Waals surface area contributed by atoms with E-state index >= 15 is 0 Å². The van der Waals surface area contributed by atoms with E-state index < -0.39 is 21.0 Å². The molecule has 1 aromatic carbocycles. The van der Waals surface area contributed by atoms with Crippen molar-refractivity contribution in [1.82, 2.24) is 10.2 Å². The summed E-state index contributed by atoms with van der Waals surface area (Å²) in [7, 11) is -4.10. The molecule has 2 rings (SSSR count). The van der Waals surface area contributed by atoms with E-state index in [1.165, 1.54) is 18.2 Å². The highest BCUT2D eigenvalue weighted by Gasteiger charge is 2.25. The standard InChI is InChI=1S/C11H13N5O4S/c1-7(8-5-6-13-15-8)14-11-9(16(17)18)3-2-4-10(11)21(12,19)20/h2-7,14H,1H3,(H,13,15)(H2,12,19,20). The third kappa shape index (κ3) is 3.17. The first-order chi connectivity index (χ1) is 9.80. The van der Waals surface area contributed by atoms with E-state index in [4.69, 9.17) is 5.14 Å². The van der Waals surface area contributed by atoms with Gasteiger partial charge in [-0.1, -0.05) is 6.07 Å². The lowest BCUT2D eigenvalue weighted by molar-refractivity contribution is -0.384. The summed E-state index contributed by atoms with van der Waals surface area (Å²) in [6.45, 7) is 1.69. The van der Waals surface area contributed by atoms with Crippen molar-refractivity contribution in [3.8, 4) is 0 Å². The summed E-state index contributed by atoms with van der Waals surface area (Å²) in [5, 5.41) is 25.5. The van der Waals surface area contributed by atoms with Gasteiger partial charge in [0.25, 0.3) is 5.69 Å². The van der Waals surface area contributed by atoms with Crippen LogP contribution in [-0.4, -0.2) is 23.5 Å². The zero-order valence-corrected chi connectivity index (χ0v) is 11.8. The maximum absolute atomic E-state index is 11.6. The number of nitrogens with two attached hydrogens (primary N) is 1. The van der Waals surface area contributed by atoms with Gasteiger partial charge >= 0.3 is 0 Å². The van der Waals surface area contributed by atoms with Gasteiger partial charge in [0.15, 0.2) is 0 Å². The van der Waals surface area contributed by atoms with E-state index in [0.29, 0.717) is 5.69 Å². The number of benzene rings is 1. The highest BCUT2D eigenvalue weighted by atomic mass is 32.2. The van der Waals surface area contributed by atoms with Crippen LogP contribution in [0.4, 0.5) is 11.4 Å². The maximum Gasteiger partial charge on any atom is 0.293 e. The van der Waals surface area contributed by atoms with Crippen molar-refractivity contribution < 1.29 is 13.3 Å². The minimum atomic E-state index is -4.10. The normalized spacial score (nSPS) is 12.9. The average Bonchev–Trinajstić information content (AvgIpc) is 2.91. The molecule has 1 heterocycles. The van der Waals surface area contributed by atoms with Gasteiger partial charge in [0, 0.05) is 12.3 Å². The molecule has 1 atom stereocenters. The van der Waals surface area contributed by atoms with Crippen molar-refractivity contribution in [3.63, 3.8) is 0 Å². The largest absolute Gasteiger partial charge is 0.370 e. The SMILES string of the molecule is CC(Nc1c([N+](=O)[O-])cccc1S(N)(=O)=O)c1cc[nH]n1. The molecule has 10 heteroatoms. The Morgan fingerprint density at radius 1 is 1.43 bits per heavy atom. The fraction of sp³-hybridized carbons (Fsp3) is 0.182. The minimum absolute atomic E-state index is 0.152. The van der Waals surface area contributed by atoms with Crippen LogP contribution in [0.5, 0.6) is 0 Å². The van der Waals surface area contributed by atoms with Crippen molar-refractivity contribution in [2.75, 3.05) is 5.32 Å². The van der Waals surface area contributed by atoms with Crippen LogP contribution < -0.4 is 10.5 Å². The number of para-hydroxylation sites is 1. The lowest BCUT2D eigenvalue weighted by Gasteiger charge is -2.15. The Balaban J connectivity index is 2.52. The molecule has 1 unspecified atom stereocenters. The molecule has 4 N–H and O–H groups in total. The number of nitro benzene ring substituents is 1. The number of rotatable bonds is 5. The molecule has 112 valence electrons. The Hall–Kier alpha value is -2.46. The van der Waals surface area contributed by atoms with E-state index in [-0.39, 0.29) is 16.3 Å². The maximum atomic E-state index is 11.6. The van der Waals surface area contributed by atoms with Gasteiger partial charge in [0.1, 0.15) is 10.6 Å². The fourth-order valence-electron chi connectivity index (χ4n) is 1.86. The van der Waals surface area contributed by atoms with Crippen LogP contribution in [0.15, 0.2) is 35.4 Å². The third-order valence-corrected chi connectivity index (χ3v) is 3.79. The molecule has 0 aliphatic rings. The van der Waals surface area contributed by atoms with Crippen molar-refractivity contribution >= 4 is 21.4 Å². The van der Waals surface area contributed by atoms with Gasteiger partial charge in [-0.2, -0.15) is 5.10 Å². The van der Waals surface area contributed by atoms with Crippen molar-refractivity contribution in [2.24, 2.45) is 5.14 Å². The molecular weight excluding hydrogens is 298 g/mol. The zero-order chi connectivity index (χ0) is 15.6. The topological polar surface area (TPSA) is 144 Å². The summed E-state index contributed by atoms with van der Waals surface area (Å²) in [5.74, 6) is 0. The summed E-state index contributed by atoms with van der Waals surface area (Å²) in [4.78, 5) is 10.1. The first-order valence-corrected chi connectivity index (χ1v) is 7.41. The van der Waals surface area contributed by atoms with Crippen LogP contribution in [0.1, 0.15) is 18.7 Å². The predicted octanol–water partition coefficient (Wildman–Crippen LogP) is 1.14. The Bertz CT molecular complexity index is 757. The molecule has 0 spiro atoms. The van der Waals surface area contributed by atoms with Crippen LogP contribution >= 0.6 is 0 Å². The van der Waals surface area contributed by atoms with Gasteiger partial charge in [-0.25, -0.2) is 13.6 Å². The van der Waals surface area contributed by atoms with E-state index in [1.807, 2.05) is 0 Å². The zero-order valence-electron chi connectivity index (χ0n) is 11.0. The van der Waals surface area contributed by atoms with Gasteiger partial charge < -0.3 is 5.32 Å². The lowest BCUT2D eigenvalue weighted by atomic mass is 10.2. The first kappa shape index (κ1) is 14.9. The number of hydrogen-bond acceptors (Lipinski definition) is 6. The Labute approximate surface area is 120 Å². The summed E-state index contributed by atoms with van der Waals surface area (Å²) >= 11 is 0. The molecule has 0 aliphatic carbocycles. The number of sulfonamides is 1. The molecule has 2 aromatic rings. The number of primary sulfonamides is 1. The number of aromatic nitrogens is 2. The second kappa shape index (κ2) is 5.50. The van der Waals surface area contributed by atoms with Gasteiger partial charge in [0.05, 0.1) is 16.7 Å². The second-order valence-electron chi connectivity index (χ2n) is 4.32. The monoisotopic (exact) mass is 311 g/mol. The molecule has 0 saturated heterocycles. The van der Waals surface area contributed by atoms with Crippen molar-refractivity contribution in [3.05, 3.63) is 46.3 Å². The van der Waals surface area contributed by atoms with E-state index in [1.54, 1.807) is 19.2 Å². The van der Waals surface area contributed by atoms with Crippen LogP contribution in [0.25, 0.3) is 0 Å². The van der Waals surface area contributed by atoms with Gasteiger partial charge in [0.2, 0.25) is 10.0 Å². The Kier molecular flexibility index (Phi) is 3.91. The number of nitrogens with one attached hydrogen (secondary N) is 2. The molecular formula is C11H13N5O4S. The molecule has 0 aliphatic heterocycles. The first-order valence-electron chi connectivity index (χ1n) is 5.87. The summed E-state index contributed by atoms with van der Waals surface area (Å²) < 4.78 is 23.2. The molecule has 9 nitrogen and oxygen atoms in total. The molecule has 21 heavy (non-hydrogen) atoms. The van der Waals surface area contributed by atoms with Gasteiger partial charge in [-0.05, 0) is 19.1 Å². The quantitative estimate of drug-likeness (QED) is 0.557. The van der Waals surface area contributed by atoms with Crippen LogP contribution in [0.3, 0.4) is 0 Å². The number of nitro groups is 1. The number of H-pyrrole nitrogens is 1. The fourth-order valence-corrected chi connectivity index (χ4v) is 2.57. The number of hydrogen-bond donors (Lipinski definition) is 3. The molecule has 0 bridgehead atoms. The van der Waals surface area contributed by atoms with Crippen LogP contribution in [-0.2, 0) is 10.0 Å². The Morgan fingerprint density at radius 3 is 2.67 bits per heavy atom. The summed E-state index contributed by atoms with van der Waals surface area (Å²) in [5.41, 5.74) is 0.0536. The summed E-state index contributed by atoms with van der Waals surface area (Å²) in [6.07, 6.45) is 1.59. The van der Waals surface area contributed by atoms with E-state index in [2.05, 4.69) is 15.5 Å². The highest BCUT2D eigenvalue weighted by molar-refractivity contribution is 7.89. The lowest BCUT2D eigenvalue weighted by Crippen LogP contribution is -2.17. The second-order valence-corrected chi connectivity index (χ2v) is 5.85. The average molecular weight is 311 g/mol. The number of anilines is 1. The number of nitrogens with zero attached hydrogens (tertiary/aromatic N) is 2. The minimum Gasteiger partial charge on any atom is -0.370 e. The van der Waals surface area contributed by atoms with Gasteiger partial charge in [-0.15, -0.1) is 0 Å². The molecule has 0 fully saturated rings. The van der Waals surface area contributed by atoms with Crippen molar-refractivity contribution in [1.29, 1.82) is 0 Å². The Morgan fingerprint density at radius 2 is 2.14 bits per heavy atom. The van der Waals surface area contributed by atoms with Crippen molar-refractivity contribution in [2.45, 2.75) is 17.9 Å². The summed E-state index contributed by atoms with van der Waals surface area (Å²) in [6, 6.07) is 4.90. The predicted molar refractivity (Wildman–Crippen MR) is 75.1 cm³/mol. The van der Waals surface area contributed by atoms with Crippen LogP contribution in [0, 0.1) is 10.1 Å². The van der Waals surface area contributed by atoms with E-state index in [9.17, 15) is 18.5 Å². The molecule has 0 saturated carbocycles.